The van der Waals surface area contributed by atoms with E-state index in [1.54, 1.807) is 0 Å². The highest BCUT2D eigenvalue weighted by atomic mass is 19.4. The monoisotopic (exact) mass is 444 g/mol. The van der Waals surface area contributed by atoms with E-state index in [-0.39, 0.29) is 18.2 Å². The third-order valence-electron chi connectivity index (χ3n) is 7.15. The van der Waals surface area contributed by atoms with Gasteiger partial charge in [0.1, 0.15) is 6.10 Å². The topological polar surface area (TPSA) is 41.6 Å². The van der Waals surface area contributed by atoms with Crippen molar-refractivity contribution in [2.45, 2.75) is 50.4 Å². The minimum absolute atomic E-state index is 0.0254. The first-order chi connectivity index (χ1) is 15.4. The highest BCUT2D eigenvalue weighted by molar-refractivity contribution is 5.69. The van der Waals surface area contributed by atoms with Crippen LogP contribution in [0.4, 0.5) is 18.0 Å². The Bertz CT molecular complexity index is 982. The maximum absolute atomic E-state index is 12.8. The Labute approximate surface area is 185 Å². The fourth-order valence-corrected chi connectivity index (χ4v) is 5.35. The Hall–Kier alpha value is -2.54. The molecule has 4 nitrogen and oxygen atoms in total. The second kappa shape index (κ2) is 8.43. The molecule has 0 aromatic heterocycles. The number of amides is 1. The third kappa shape index (κ3) is 4.35. The number of fused-ring (bicyclic) bond motifs is 4. The molecule has 2 atom stereocenters. The summed E-state index contributed by atoms with van der Waals surface area (Å²) in [5.41, 5.74) is 3.18. The average Bonchev–Trinajstić information content (AvgIpc) is 2.79. The van der Waals surface area contributed by atoms with Crippen LogP contribution in [0, 0.1) is 5.92 Å². The third-order valence-corrected chi connectivity index (χ3v) is 7.15. The zero-order chi connectivity index (χ0) is 22.3. The molecule has 32 heavy (non-hydrogen) atoms. The van der Waals surface area contributed by atoms with Crippen LogP contribution in [0.5, 0.6) is 0 Å². The molecular formula is C25H27F3N2O2. The number of benzene rings is 2. The maximum Gasteiger partial charge on any atom is 0.416 e. The van der Waals surface area contributed by atoms with Gasteiger partial charge < -0.3 is 10.1 Å². The zero-order valence-corrected chi connectivity index (χ0v) is 17.8. The molecule has 1 N–H and O–H groups in total. The van der Waals surface area contributed by atoms with E-state index in [0.29, 0.717) is 5.92 Å². The molecule has 2 aromatic rings. The molecule has 3 fully saturated rings. The standard InChI is InChI=1S/C25H27F3N2O2/c26-25(27,28)20-7-4-16(5-8-20)18-6-9-21-19(14-18)2-1-3-22(21)29-24(31)32-23-15-30-12-10-17(23)11-13-30/h4-9,14,17,22-23H,1-3,10-13,15H2,(H,29,31)/t22?,23-/m1/s1. The SMILES string of the molecule is O=C(NC1CCCc2cc(-c3ccc(C(F)(F)F)cc3)ccc21)O[C@@H]1CN2CCC1CC2. The minimum Gasteiger partial charge on any atom is -0.445 e. The van der Waals surface area contributed by atoms with Crippen molar-refractivity contribution in [2.24, 2.45) is 5.92 Å². The van der Waals surface area contributed by atoms with Crippen LogP contribution in [0.2, 0.25) is 0 Å². The molecule has 0 spiro atoms. The predicted molar refractivity (Wildman–Crippen MR) is 115 cm³/mol. The summed E-state index contributed by atoms with van der Waals surface area (Å²) in [5, 5.41) is 3.06. The minimum atomic E-state index is -4.34. The summed E-state index contributed by atoms with van der Waals surface area (Å²) >= 11 is 0. The molecule has 3 heterocycles. The van der Waals surface area contributed by atoms with Gasteiger partial charge in [0.15, 0.2) is 0 Å². The van der Waals surface area contributed by atoms with Crippen molar-refractivity contribution in [3.8, 4) is 11.1 Å². The van der Waals surface area contributed by atoms with Crippen molar-refractivity contribution < 1.29 is 22.7 Å². The summed E-state index contributed by atoms with van der Waals surface area (Å²) in [6, 6.07) is 11.1. The first kappa shape index (κ1) is 21.3. The number of nitrogens with zero attached hydrogens (tertiary/aromatic N) is 1. The first-order valence-corrected chi connectivity index (χ1v) is 11.4. The van der Waals surface area contributed by atoms with Crippen LogP contribution in [0.15, 0.2) is 42.5 Å². The molecule has 6 rings (SSSR count). The number of hydrogen-bond donors (Lipinski definition) is 1. The molecule has 170 valence electrons. The molecule has 4 aliphatic rings. The van der Waals surface area contributed by atoms with Crippen LogP contribution >= 0.6 is 0 Å². The summed E-state index contributed by atoms with van der Waals surface area (Å²) in [7, 11) is 0. The smallest absolute Gasteiger partial charge is 0.416 e. The molecule has 1 amide bonds. The van der Waals surface area contributed by atoms with Gasteiger partial charge in [0, 0.05) is 6.54 Å². The molecule has 3 aliphatic heterocycles. The number of hydrogen-bond acceptors (Lipinski definition) is 3. The second-order valence-corrected chi connectivity index (χ2v) is 9.16. The van der Waals surface area contributed by atoms with E-state index < -0.39 is 11.7 Å². The quantitative estimate of drug-likeness (QED) is 0.673. The lowest BCUT2D eigenvalue weighted by Gasteiger charge is -2.44. The highest BCUT2D eigenvalue weighted by Crippen LogP contribution is 2.35. The van der Waals surface area contributed by atoms with E-state index in [2.05, 4.69) is 10.2 Å². The van der Waals surface area contributed by atoms with Crippen molar-refractivity contribution in [2.75, 3.05) is 19.6 Å². The van der Waals surface area contributed by atoms with Crippen molar-refractivity contribution in [3.05, 3.63) is 59.2 Å². The number of nitrogens with one attached hydrogen (secondary N) is 1. The number of halogens is 3. The lowest BCUT2D eigenvalue weighted by molar-refractivity contribution is -0.137. The van der Waals surface area contributed by atoms with Gasteiger partial charge in [0.05, 0.1) is 11.6 Å². The molecule has 3 saturated heterocycles. The Balaban J connectivity index is 1.27. The number of carbonyl (C=O) groups is 1. The van der Waals surface area contributed by atoms with Crippen LogP contribution in [0.25, 0.3) is 11.1 Å². The van der Waals surface area contributed by atoms with E-state index in [1.807, 2.05) is 18.2 Å². The van der Waals surface area contributed by atoms with Crippen molar-refractivity contribution in [3.63, 3.8) is 0 Å². The Morgan fingerprint density at radius 3 is 2.38 bits per heavy atom. The molecule has 0 radical (unpaired) electrons. The Kier molecular flexibility index (Phi) is 5.61. The summed E-state index contributed by atoms with van der Waals surface area (Å²) in [6.07, 6.45) is 0.146. The fourth-order valence-electron chi connectivity index (χ4n) is 5.35. The average molecular weight is 444 g/mol. The van der Waals surface area contributed by atoms with Gasteiger partial charge in [-0.2, -0.15) is 13.2 Å². The number of carbonyl (C=O) groups excluding carboxylic acids is 1. The lowest BCUT2D eigenvalue weighted by atomic mass is 9.85. The van der Waals surface area contributed by atoms with Gasteiger partial charge in [-0.1, -0.05) is 30.3 Å². The van der Waals surface area contributed by atoms with Gasteiger partial charge in [-0.25, -0.2) is 4.79 Å². The lowest BCUT2D eigenvalue weighted by Crippen LogP contribution is -2.52. The van der Waals surface area contributed by atoms with Gasteiger partial charge in [-0.3, -0.25) is 4.90 Å². The van der Waals surface area contributed by atoms with E-state index in [1.165, 1.54) is 12.1 Å². The number of piperidine rings is 3. The van der Waals surface area contributed by atoms with E-state index in [9.17, 15) is 18.0 Å². The molecule has 7 heteroatoms. The van der Waals surface area contributed by atoms with Gasteiger partial charge in [0.2, 0.25) is 0 Å². The van der Waals surface area contributed by atoms with E-state index in [4.69, 9.17) is 4.74 Å². The van der Waals surface area contributed by atoms with Gasteiger partial charge in [-0.15, -0.1) is 0 Å². The molecule has 1 aliphatic carbocycles. The Morgan fingerprint density at radius 2 is 1.72 bits per heavy atom. The number of alkyl carbamates (subject to hydrolysis) is 1. The van der Waals surface area contributed by atoms with Crippen LogP contribution in [0.1, 0.15) is 48.4 Å². The van der Waals surface area contributed by atoms with Crippen LogP contribution in [-0.2, 0) is 17.3 Å². The van der Waals surface area contributed by atoms with Crippen LogP contribution in [-0.4, -0.2) is 36.7 Å². The molecule has 2 bridgehead atoms. The number of aryl methyl sites for hydroxylation is 1. The van der Waals surface area contributed by atoms with Crippen LogP contribution < -0.4 is 5.32 Å². The van der Waals surface area contributed by atoms with Crippen LogP contribution in [0.3, 0.4) is 0 Å². The fraction of sp³-hybridized carbons (Fsp3) is 0.480. The predicted octanol–water partition coefficient (Wildman–Crippen LogP) is 5.57. The largest absolute Gasteiger partial charge is 0.445 e. The molecule has 0 saturated carbocycles. The maximum atomic E-state index is 12.8. The van der Waals surface area contributed by atoms with Crippen molar-refractivity contribution >= 4 is 6.09 Å². The first-order valence-electron chi connectivity index (χ1n) is 11.4. The number of ether oxygens (including phenoxy) is 1. The Morgan fingerprint density at radius 1 is 1.00 bits per heavy atom. The highest BCUT2D eigenvalue weighted by Gasteiger charge is 2.37. The molecular weight excluding hydrogens is 417 g/mol. The zero-order valence-electron chi connectivity index (χ0n) is 17.8. The summed E-state index contributed by atoms with van der Waals surface area (Å²) in [5.74, 6) is 0.468. The summed E-state index contributed by atoms with van der Waals surface area (Å²) < 4.78 is 44.3. The van der Waals surface area contributed by atoms with Gasteiger partial charge >= 0.3 is 12.3 Å². The second-order valence-electron chi connectivity index (χ2n) is 9.16. The number of rotatable bonds is 3. The normalized spacial score (nSPS) is 27.0. The molecule has 1 unspecified atom stereocenters. The summed E-state index contributed by atoms with van der Waals surface area (Å²) in [6.45, 7) is 3.03. The number of alkyl halides is 3. The van der Waals surface area contributed by atoms with Gasteiger partial charge in [-0.05, 0) is 85.5 Å². The van der Waals surface area contributed by atoms with Gasteiger partial charge in [0.25, 0.3) is 0 Å². The van der Waals surface area contributed by atoms with Crippen molar-refractivity contribution in [1.82, 2.24) is 10.2 Å². The van der Waals surface area contributed by atoms with Crippen molar-refractivity contribution in [1.29, 1.82) is 0 Å². The molecule has 2 aromatic carbocycles. The van der Waals surface area contributed by atoms with E-state index >= 15 is 0 Å². The summed E-state index contributed by atoms with van der Waals surface area (Å²) in [4.78, 5) is 15.0. The van der Waals surface area contributed by atoms with E-state index in [0.717, 1.165) is 86.1 Å².